The van der Waals surface area contributed by atoms with Crippen LogP contribution in [0.2, 0.25) is 0 Å². The minimum atomic E-state index is -2.32. The Morgan fingerprint density at radius 1 is 1.11 bits per heavy atom. The lowest BCUT2D eigenvalue weighted by molar-refractivity contribution is 0.289. The maximum atomic E-state index is 12.6. The van der Waals surface area contributed by atoms with Gasteiger partial charge in [-0.15, -0.1) is 4.37 Å². The first-order valence-electron chi connectivity index (χ1n) is 5.39. The lowest BCUT2D eigenvalue weighted by atomic mass is 10.2. The molecule has 100 valence electrons. The highest BCUT2D eigenvalue weighted by atomic mass is 32.1. The van der Waals surface area contributed by atoms with Crippen LogP contribution >= 0.6 is 11.7 Å². The van der Waals surface area contributed by atoms with Gasteiger partial charge in [0.2, 0.25) is 0 Å². The average molecular weight is 286 g/mol. The Kier molecular flexibility index (Phi) is 4.51. The summed E-state index contributed by atoms with van der Waals surface area (Å²) < 4.78 is 49.5. The molecule has 0 spiro atoms. The van der Waals surface area contributed by atoms with Crippen molar-refractivity contribution in [3.8, 4) is 17.1 Å². The van der Waals surface area contributed by atoms with Gasteiger partial charge in [0.1, 0.15) is 5.69 Å². The van der Waals surface area contributed by atoms with Crippen molar-refractivity contribution in [2.24, 2.45) is 0 Å². The molecule has 7 heteroatoms. The van der Waals surface area contributed by atoms with Crippen LogP contribution in [0.5, 0.6) is 5.88 Å². The van der Waals surface area contributed by atoms with E-state index in [4.69, 9.17) is 4.74 Å². The van der Waals surface area contributed by atoms with Gasteiger partial charge in [0.05, 0.1) is 18.3 Å². The molecule has 0 N–H and O–H groups in total. The molecule has 0 radical (unpaired) electrons. The largest absolute Gasteiger partial charge is 0.475 e. The predicted molar refractivity (Wildman–Crippen MR) is 65.8 cm³/mol. The van der Waals surface area contributed by atoms with E-state index < -0.39 is 18.3 Å². The van der Waals surface area contributed by atoms with Crippen molar-refractivity contribution in [3.63, 3.8) is 0 Å². The summed E-state index contributed by atoms with van der Waals surface area (Å²) in [6.07, 6.45) is -2.81. The molecule has 0 aliphatic carbocycles. The molecule has 0 aliphatic heterocycles. The summed E-state index contributed by atoms with van der Waals surface area (Å²) in [5.41, 5.74) is 1.33. The Bertz CT molecular complexity index is 567. The van der Waals surface area contributed by atoms with Gasteiger partial charge < -0.3 is 4.74 Å². The average Bonchev–Trinajstić information content (AvgIpc) is 2.88. The number of hydrogen-bond donors (Lipinski definition) is 0. The van der Waals surface area contributed by atoms with E-state index in [9.17, 15) is 13.2 Å². The monoisotopic (exact) mass is 286 g/mol. The third-order valence-corrected chi connectivity index (χ3v) is 2.78. The zero-order chi connectivity index (χ0) is 13.7. The van der Waals surface area contributed by atoms with Gasteiger partial charge in [0.15, 0.2) is 5.83 Å². The van der Waals surface area contributed by atoms with Crippen molar-refractivity contribution in [2.75, 3.05) is 6.61 Å². The fraction of sp³-hybridized carbons (Fsp3) is 0.167. The molecule has 2 rings (SSSR count). The molecule has 1 heterocycles. The molecule has 1 aromatic heterocycles. The molecule has 0 amide bonds. The lowest BCUT2D eigenvalue weighted by Crippen LogP contribution is -1.99. The Morgan fingerprint density at radius 2 is 1.84 bits per heavy atom. The van der Waals surface area contributed by atoms with Gasteiger partial charge in [-0.3, -0.25) is 0 Å². The summed E-state index contributed by atoms with van der Waals surface area (Å²) in [5, 5.41) is 0. The van der Waals surface area contributed by atoms with Crippen LogP contribution in [-0.2, 0) is 0 Å². The van der Waals surface area contributed by atoms with Crippen molar-refractivity contribution >= 4 is 11.7 Å². The normalized spacial score (nSPS) is 10.3. The summed E-state index contributed by atoms with van der Waals surface area (Å²) in [4.78, 5) is 0. The molecule has 0 aliphatic rings. The van der Waals surface area contributed by atoms with Crippen molar-refractivity contribution in [1.82, 2.24) is 8.75 Å². The summed E-state index contributed by atoms with van der Waals surface area (Å²) in [5.74, 6) is -1.24. The number of benzene rings is 1. The second kappa shape index (κ2) is 6.33. The number of rotatable bonds is 5. The van der Waals surface area contributed by atoms with Gasteiger partial charge >= 0.3 is 6.08 Å². The fourth-order valence-electron chi connectivity index (χ4n) is 1.38. The SMILES string of the molecule is FC(F)=C(F)CCOc1nsnc1-c1ccccc1. The number of halogens is 3. The Balaban J connectivity index is 2.03. The van der Waals surface area contributed by atoms with E-state index in [-0.39, 0.29) is 12.5 Å². The van der Waals surface area contributed by atoms with Gasteiger partial charge in [-0.05, 0) is 0 Å². The number of nitrogens with zero attached hydrogens (tertiary/aromatic N) is 2. The van der Waals surface area contributed by atoms with E-state index in [0.717, 1.165) is 17.3 Å². The summed E-state index contributed by atoms with van der Waals surface area (Å²) in [6, 6.07) is 9.17. The van der Waals surface area contributed by atoms with E-state index >= 15 is 0 Å². The van der Waals surface area contributed by atoms with E-state index in [0.29, 0.717) is 5.69 Å². The second-order valence-electron chi connectivity index (χ2n) is 3.55. The summed E-state index contributed by atoms with van der Waals surface area (Å²) >= 11 is 0.947. The van der Waals surface area contributed by atoms with Crippen LogP contribution in [-0.4, -0.2) is 15.4 Å². The second-order valence-corrected chi connectivity index (χ2v) is 4.08. The molecule has 0 bridgehead atoms. The number of aromatic nitrogens is 2. The molecular weight excluding hydrogens is 277 g/mol. The molecule has 0 atom stereocenters. The van der Waals surface area contributed by atoms with Crippen LogP contribution < -0.4 is 4.74 Å². The minimum absolute atomic E-state index is 0.214. The van der Waals surface area contributed by atoms with Crippen LogP contribution in [0, 0.1) is 0 Å². The van der Waals surface area contributed by atoms with E-state index in [2.05, 4.69) is 8.75 Å². The minimum Gasteiger partial charge on any atom is -0.475 e. The predicted octanol–water partition coefficient (Wildman–Crippen LogP) is 4.05. The van der Waals surface area contributed by atoms with Crippen LogP contribution in [0.1, 0.15) is 6.42 Å². The van der Waals surface area contributed by atoms with E-state index in [1.165, 1.54) is 0 Å². The van der Waals surface area contributed by atoms with Gasteiger partial charge in [0, 0.05) is 12.0 Å². The van der Waals surface area contributed by atoms with Crippen LogP contribution in [0.25, 0.3) is 11.3 Å². The molecule has 19 heavy (non-hydrogen) atoms. The molecule has 3 nitrogen and oxygen atoms in total. The zero-order valence-corrected chi connectivity index (χ0v) is 10.5. The van der Waals surface area contributed by atoms with E-state index in [1.54, 1.807) is 0 Å². The Hall–Kier alpha value is -1.89. The summed E-state index contributed by atoms with van der Waals surface area (Å²) in [7, 11) is 0. The highest BCUT2D eigenvalue weighted by Gasteiger charge is 2.12. The first-order chi connectivity index (χ1) is 9.18. The first kappa shape index (κ1) is 13.5. The first-order valence-corrected chi connectivity index (χ1v) is 6.12. The maximum Gasteiger partial charge on any atom is 0.301 e. The van der Waals surface area contributed by atoms with Crippen molar-refractivity contribution in [1.29, 1.82) is 0 Å². The quantitative estimate of drug-likeness (QED) is 0.831. The Morgan fingerprint density at radius 3 is 2.53 bits per heavy atom. The van der Waals surface area contributed by atoms with Gasteiger partial charge in [-0.2, -0.15) is 13.2 Å². The smallest absolute Gasteiger partial charge is 0.301 e. The molecule has 0 saturated carbocycles. The molecule has 0 saturated heterocycles. The molecule has 2 aromatic rings. The number of hydrogen-bond acceptors (Lipinski definition) is 4. The number of ether oxygens (including phenoxy) is 1. The highest BCUT2D eigenvalue weighted by molar-refractivity contribution is 6.99. The Labute approximate surface area is 111 Å². The van der Waals surface area contributed by atoms with Gasteiger partial charge in [-0.1, -0.05) is 30.3 Å². The highest BCUT2D eigenvalue weighted by Crippen LogP contribution is 2.27. The van der Waals surface area contributed by atoms with Crippen LogP contribution in [0.3, 0.4) is 0 Å². The fourth-order valence-corrected chi connectivity index (χ4v) is 1.90. The van der Waals surface area contributed by atoms with Crippen molar-refractivity contribution < 1.29 is 17.9 Å². The molecule has 1 aromatic carbocycles. The van der Waals surface area contributed by atoms with Gasteiger partial charge in [0.25, 0.3) is 5.88 Å². The van der Waals surface area contributed by atoms with Gasteiger partial charge in [-0.25, -0.2) is 4.39 Å². The summed E-state index contributed by atoms with van der Waals surface area (Å²) in [6.45, 7) is -0.214. The molecular formula is C12H9F3N2OS. The lowest BCUT2D eigenvalue weighted by Gasteiger charge is -2.03. The third kappa shape index (κ3) is 3.54. The standard InChI is InChI=1S/C12H9F3N2OS/c13-9(11(14)15)6-7-18-12-10(16-19-17-12)8-4-2-1-3-5-8/h1-5H,6-7H2. The maximum absolute atomic E-state index is 12.6. The zero-order valence-electron chi connectivity index (χ0n) is 9.65. The topological polar surface area (TPSA) is 35.0 Å². The molecule has 0 unspecified atom stereocenters. The van der Waals surface area contributed by atoms with E-state index in [1.807, 2.05) is 30.3 Å². The molecule has 0 fully saturated rings. The van der Waals surface area contributed by atoms with Crippen molar-refractivity contribution in [2.45, 2.75) is 6.42 Å². The third-order valence-electron chi connectivity index (χ3n) is 2.27. The van der Waals surface area contributed by atoms with Crippen molar-refractivity contribution in [3.05, 3.63) is 42.2 Å². The van der Waals surface area contributed by atoms with Crippen LogP contribution in [0.15, 0.2) is 42.2 Å². The van der Waals surface area contributed by atoms with Crippen LogP contribution in [0.4, 0.5) is 13.2 Å².